The van der Waals surface area contributed by atoms with Gasteiger partial charge in [-0.3, -0.25) is 10.1 Å². The maximum atomic E-state index is 10.6. The molecule has 0 aromatic rings. The standard InChI is InChI=1S/C4H3BrN2O3/c5-4(10)1-6-3(9)7-2(4)8/h1,10H,(H,7,8,9). The van der Waals surface area contributed by atoms with Gasteiger partial charge in [-0.2, -0.15) is 0 Å². The predicted molar refractivity (Wildman–Crippen MR) is 35.9 cm³/mol. The van der Waals surface area contributed by atoms with Gasteiger partial charge in [0.1, 0.15) is 0 Å². The van der Waals surface area contributed by atoms with E-state index in [0.717, 1.165) is 6.21 Å². The lowest BCUT2D eigenvalue weighted by atomic mass is 10.3. The SMILES string of the molecule is O=C1N=CC(O)(Br)C(=O)N1. The van der Waals surface area contributed by atoms with Gasteiger partial charge in [0.25, 0.3) is 5.91 Å². The zero-order valence-electron chi connectivity index (χ0n) is 4.67. The summed E-state index contributed by atoms with van der Waals surface area (Å²) in [6.45, 7) is 0. The molecule has 0 bridgehead atoms. The number of aliphatic imine (C=N–C) groups is 1. The molecule has 0 aliphatic carbocycles. The highest BCUT2D eigenvalue weighted by Gasteiger charge is 2.35. The molecular formula is C4H3BrN2O3. The van der Waals surface area contributed by atoms with Crippen molar-refractivity contribution in [1.82, 2.24) is 5.32 Å². The number of amides is 3. The molecule has 3 amide bonds. The Labute approximate surface area is 64.3 Å². The first-order valence-corrected chi connectivity index (χ1v) is 3.13. The Morgan fingerprint density at radius 1 is 1.70 bits per heavy atom. The molecule has 1 aliphatic rings. The summed E-state index contributed by atoms with van der Waals surface area (Å²) in [5, 5.41) is 10.8. The second-order valence-corrected chi connectivity index (χ2v) is 2.90. The largest absolute Gasteiger partial charge is 0.366 e. The summed E-state index contributed by atoms with van der Waals surface area (Å²) >= 11 is 2.63. The molecule has 5 nitrogen and oxygen atoms in total. The van der Waals surface area contributed by atoms with E-state index in [1.165, 1.54) is 0 Å². The number of urea groups is 1. The summed E-state index contributed by atoms with van der Waals surface area (Å²) < 4.78 is -1.83. The number of hydrogen-bond acceptors (Lipinski definition) is 3. The Kier molecular flexibility index (Phi) is 1.57. The van der Waals surface area contributed by atoms with Gasteiger partial charge in [-0.25, -0.2) is 9.79 Å². The van der Waals surface area contributed by atoms with Gasteiger partial charge >= 0.3 is 6.03 Å². The molecule has 0 fully saturated rings. The minimum atomic E-state index is -1.83. The van der Waals surface area contributed by atoms with Crippen LogP contribution in [0.3, 0.4) is 0 Å². The van der Waals surface area contributed by atoms with Crippen molar-refractivity contribution in [2.75, 3.05) is 0 Å². The average molecular weight is 207 g/mol. The maximum absolute atomic E-state index is 10.6. The van der Waals surface area contributed by atoms with Crippen LogP contribution in [0.2, 0.25) is 0 Å². The van der Waals surface area contributed by atoms with Crippen LogP contribution in [0.15, 0.2) is 4.99 Å². The van der Waals surface area contributed by atoms with Gasteiger partial charge < -0.3 is 5.11 Å². The fourth-order valence-corrected chi connectivity index (χ4v) is 0.621. The van der Waals surface area contributed by atoms with Gasteiger partial charge in [-0.05, 0) is 15.9 Å². The van der Waals surface area contributed by atoms with Crippen molar-refractivity contribution in [2.45, 2.75) is 4.51 Å². The van der Waals surface area contributed by atoms with E-state index in [2.05, 4.69) is 20.9 Å². The molecular weight excluding hydrogens is 204 g/mol. The first kappa shape index (κ1) is 7.36. The quantitative estimate of drug-likeness (QED) is 0.520. The molecule has 0 aromatic heterocycles. The van der Waals surface area contributed by atoms with Crippen LogP contribution in [-0.2, 0) is 4.79 Å². The number of imide groups is 1. The summed E-state index contributed by atoms with van der Waals surface area (Å²) in [7, 11) is 0. The van der Waals surface area contributed by atoms with Gasteiger partial charge in [-0.1, -0.05) is 0 Å². The van der Waals surface area contributed by atoms with E-state index in [4.69, 9.17) is 5.11 Å². The average Bonchev–Trinajstić information content (AvgIpc) is 1.81. The number of nitrogens with one attached hydrogen (secondary N) is 1. The van der Waals surface area contributed by atoms with Gasteiger partial charge in [-0.15, -0.1) is 0 Å². The van der Waals surface area contributed by atoms with E-state index in [1.54, 1.807) is 5.32 Å². The van der Waals surface area contributed by atoms with Gasteiger partial charge in [0.15, 0.2) is 0 Å². The molecule has 0 radical (unpaired) electrons. The monoisotopic (exact) mass is 206 g/mol. The van der Waals surface area contributed by atoms with Crippen LogP contribution in [-0.4, -0.2) is 27.8 Å². The molecule has 1 unspecified atom stereocenters. The number of alkyl halides is 1. The molecule has 0 saturated carbocycles. The summed E-state index contributed by atoms with van der Waals surface area (Å²) in [5.74, 6) is -0.826. The van der Waals surface area contributed by atoms with Gasteiger partial charge in [0.05, 0.1) is 6.21 Å². The van der Waals surface area contributed by atoms with Crippen molar-refractivity contribution in [3.8, 4) is 0 Å². The number of rotatable bonds is 0. The van der Waals surface area contributed by atoms with E-state index in [1.807, 2.05) is 0 Å². The van der Waals surface area contributed by atoms with Crippen LogP contribution < -0.4 is 5.32 Å². The van der Waals surface area contributed by atoms with Gasteiger partial charge in [0.2, 0.25) is 4.51 Å². The summed E-state index contributed by atoms with van der Waals surface area (Å²) in [6, 6.07) is -0.769. The Morgan fingerprint density at radius 3 is 2.70 bits per heavy atom. The third-order valence-corrected chi connectivity index (χ3v) is 1.46. The number of carbonyl (C=O) groups is 2. The number of halogens is 1. The van der Waals surface area contributed by atoms with E-state index >= 15 is 0 Å². The molecule has 1 rings (SSSR count). The highest BCUT2D eigenvalue weighted by molar-refractivity contribution is 9.10. The lowest BCUT2D eigenvalue weighted by Crippen LogP contribution is -2.48. The minimum absolute atomic E-state index is 0.769. The van der Waals surface area contributed by atoms with Crippen molar-refractivity contribution >= 4 is 34.1 Å². The van der Waals surface area contributed by atoms with Crippen molar-refractivity contribution in [2.24, 2.45) is 4.99 Å². The van der Waals surface area contributed by atoms with Crippen molar-refractivity contribution in [1.29, 1.82) is 0 Å². The Balaban J connectivity index is 2.93. The molecule has 1 atom stereocenters. The molecule has 0 spiro atoms. The zero-order chi connectivity index (χ0) is 7.78. The Bertz CT molecular complexity index is 223. The maximum Gasteiger partial charge on any atom is 0.347 e. The van der Waals surface area contributed by atoms with Gasteiger partial charge in [0, 0.05) is 0 Å². The highest BCUT2D eigenvalue weighted by atomic mass is 79.9. The van der Waals surface area contributed by atoms with E-state index in [0.29, 0.717) is 0 Å². The van der Waals surface area contributed by atoms with Crippen LogP contribution in [0.1, 0.15) is 0 Å². The third-order valence-electron chi connectivity index (χ3n) is 0.892. The predicted octanol–water partition coefficient (Wildman–Crippen LogP) is -0.609. The van der Waals surface area contributed by atoms with E-state index < -0.39 is 16.4 Å². The van der Waals surface area contributed by atoms with Crippen LogP contribution in [0.25, 0.3) is 0 Å². The zero-order valence-corrected chi connectivity index (χ0v) is 6.25. The molecule has 2 N–H and O–H groups in total. The number of carbonyl (C=O) groups excluding carboxylic acids is 2. The molecule has 0 aromatic carbocycles. The number of hydrogen-bond donors (Lipinski definition) is 2. The highest BCUT2D eigenvalue weighted by Crippen LogP contribution is 2.13. The van der Waals surface area contributed by atoms with Crippen LogP contribution in [0, 0.1) is 0 Å². The normalized spacial score (nSPS) is 32.2. The fourth-order valence-electron chi connectivity index (χ4n) is 0.420. The number of nitrogens with zero attached hydrogens (tertiary/aromatic N) is 1. The molecule has 0 saturated heterocycles. The van der Waals surface area contributed by atoms with E-state index in [-0.39, 0.29) is 0 Å². The lowest BCUT2D eigenvalue weighted by molar-refractivity contribution is -0.126. The Hall–Kier alpha value is -0.750. The second kappa shape index (κ2) is 2.14. The van der Waals surface area contributed by atoms with Crippen LogP contribution in [0.5, 0.6) is 0 Å². The summed E-state index contributed by atoms with van der Waals surface area (Å²) in [5.41, 5.74) is 0. The smallest absolute Gasteiger partial charge is 0.347 e. The van der Waals surface area contributed by atoms with Crippen LogP contribution in [0.4, 0.5) is 4.79 Å². The van der Waals surface area contributed by atoms with Crippen molar-refractivity contribution in [3.63, 3.8) is 0 Å². The topological polar surface area (TPSA) is 78.8 Å². The number of aliphatic hydroxyl groups is 1. The molecule has 1 aliphatic heterocycles. The molecule has 54 valence electrons. The molecule has 1 heterocycles. The fraction of sp³-hybridized carbons (Fsp3) is 0.250. The first-order valence-electron chi connectivity index (χ1n) is 2.34. The minimum Gasteiger partial charge on any atom is -0.366 e. The molecule has 6 heteroatoms. The third kappa shape index (κ3) is 1.22. The second-order valence-electron chi connectivity index (χ2n) is 1.69. The van der Waals surface area contributed by atoms with Crippen molar-refractivity contribution < 1.29 is 14.7 Å². The van der Waals surface area contributed by atoms with E-state index in [9.17, 15) is 9.59 Å². The Morgan fingerprint density at radius 2 is 2.30 bits per heavy atom. The lowest BCUT2D eigenvalue weighted by Gasteiger charge is -2.16. The first-order chi connectivity index (χ1) is 4.52. The summed E-state index contributed by atoms with van der Waals surface area (Å²) in [6.07, 6.45) is 0.828. The van der Waals surface area contributed by atoms with Crippen molar-refractivity contribution in [3.05, 3.63) is 0 Å². The van der Waals surface area contributed by atoms with Crippen LogP contribution >= 0.6 is 15.9 Å². The summed E-state index contributed by atoms with van der Waals surface area (Å²) in [4.78, 5) is 24.0. The molecule has 10 heavy (non-hydrogen) atoms.